The first kappa shape index (κ1) is 19.5. The number of urea groups is 1. The van der Waals surface area contributed by atoms with E-state index in [1.807, 2.05) is 6.92 Å². The van der Waals surface area contributed by atoms with Gasteiger partial charge < -0.3 is 20.5 Å². The molecule has 0 radical (unpaired) electrons. The van der Waals surface area contributed by atoms with Crippen molar-refractivity contribution < 1.29 is 23.1 Å². The van der Waals surface area contributed by atoms with Crippen LogP contribution in [0, 0.1) is 5.41 Å². The first-order chi connectivity index (χ1) is 13.2. The second-order valence-electron chi connectivity index (χ2n) is 8.02. The van der Waals surface area contributed by atoms with Crippen LogP contribution in [0.4, 0.5) is 10.5 Å². The summed E-state index contributed by atoms with van der Waals surface area (Å²) >= 11 is 6.12. The van der Waals surface area contributed by atoms with Crippen molar-refractivity contribution in [3.8, 4) is 5.75 Å². The summed E-state index contributed by atoms with van der Waals surface area (Å²) in [6.07, 6.45) is 4.78. The summed E-state index contributed by atoms with van der Waals surface area (Å²) in [5, 5.41) is 15.3. The molecule has 1 heterocycles. The van der Waals surface area contributed by atoms with E-state index in [-0.39, 0.29) is 27.1 Å². The zero-order valence-electron chi connectivity index (χ0n) is 15.5. The van der Waals surface area contributed by atoms with Crippen molar-refractivity contribution in [2.45, 2.75) is 48.8 Å². The number of hydrogen-bond donors (Lipinski definition) is 3. The highest BCUT2D eigenvalue weighted by Crippen LogP contribution is 2.52. The smallest absolute Gasteiger partial charge is 0.319 e. The Kier molecular flexibility index (Phi) is 4.84. The van der Waals surface area contributed by atoms with Gasteiger partial charge in [0, 0.05) is 5.41 Å². The van der Waals surface area contributed by atoms with Gasteiger partial charge >= 0.3 is 6.03 Å². The summed E-state index contributed by atoms with van der Waals surface area (Å²) in [5.41, 5.74) is 1.06. The first-order valence-corrected chi connectivity index (χ1v) is 11.2. The lowest BCUT2D eigenvalue weighted by atomic mass is 9.67. The largest absolute Gasteiger partial charge is 0.504 e. The van der Waals surface area contributed by atoms with Crippen LogP contribution >= 0.6 is 11.6 Å². The molecule has 3 aliphatic rings. The third-order valence-electron chi connectivity index (χ3n) is 5.97. The number of phenols is 1. The zero-order chi connectivity index (χ0) is 20.1. The molecule has 7 nitrogen and oxygen atoms in total. The molecule has 152 valence electrons. The molecule has 1 aromatic rings. The van der Waals surface area contributed by atoms with Gasteiger partial charge in [0.15, 0.2) is 15.6 Å². The monoisotopic (exact) mass is 426 g/mol. The number of nitrogens with one attached hydrogen (secondary N) is 2. The van der Waals surface area contributed by atoms with E-state index in [9.17, 15) is 18.3 Å². The van der Waals surface area contributed by atoms with Crippen molar-refractivity contribution in [2.75, 3.05) is 18.5 Å². The highest BCUT2D eigenvalue weighted by molar-refractivity contribution is 7.92. The number of aromatic hydroxyl groups is 1. The van der Waals surface area contributed by atoms with Gasteiger partial charge in [0.25, 0.3) is 0 Å². The van der Waals surface area contributed by atoms with Crippen molar-refractivity contribution in [1.29, 1.82) is 0 Å². The van der Waals surface area contributed by atoms with Crippen LogP contribution in [0.2, 0.25) is 5.02 Å². The molecule has 2 aliphatic carbocycles. The lowest BCUT2D eigenvalue weighted by Crippen LogP contribution is -2.56. The normalized spacial score (nSPS) is 23.6. The third-order valence-corrected chi connectivity index (χ3v) is 8.59. The molecule has 2 fully saturated rings. The van der Waals surface area contributed by atoms with Gasteiger partial charge in [-0.25, -0.2) is 13.2 Å². The minimum Gasteiger partial charge on any atom is -0.504 e. The number of carbonyl (C=O) groups excluding carboxylic acids is 1. The van der Waals surface area contributed by atoms with Crippen molar-refractivity contribution in [3.05, 3.63) is 28.8 Å². The number of anilines is 1. The Balaban J connectivity index is 1.52. The topological polar surface area (TPSA) is 105 Å². The van der Waals surface area contributed by atoms with Gasteiger partial charge in [-0.05, 0) is 44.7 Å². The quantitative estimate of drug-likeness (QED) is 0.506. The lowest BCUT2D eigenvalue weighted by molar-refractivity contribution is -0.153. The number of allylic oxidation sites excluding steroid dienone is 1. The van der Waals surface area contributed by atoms with E-state index in [0.29, 0.717) is 26.1 Å². The number of phenolic OH excluding ortho intramolecular Hbond substituents is 1. The predicted octanol–water partition coefficient (Wildman–Crippen LogP) is 3.23. The summed E-state index contributed by atoms with van der Waals surface area (Å²) in [4.78, 5) is 12.0. The van der Waals surface area contributed by atoms with Crippen LogP contribution in [0.1, 0.15) is 32.6 Å². The van der Waals surface area contributed by atoms with Gasteiger partial charge in [-0.3, -0.25) is 0 Å². The van der Waals surface area contributed by atoms with E-state index in [0.717, 1.165) is 18.4 Å². The summed E-state index contributed by atoms with van der Waals surface area (Å²) in [7, 11) is -3.82. The first-order valence-electron chi connectivity index (χ1n) is 9.29. The van der Waals surface area contributed by atoms with Crippen molar-refractivity contribution in [2.24, 2.45) is 5.41 Å². The Morgan fingerprint density at radius 1 is 1.32 bits per heavy atom. The van der Waals surface area contributed by atoms with Crippen LogP contribution in [-0.4, -0.2) is 44.1 Å². The molecule has 0 bridgehead atoms. The highest BCUT2D eigenvalue weighted by Gasteiger charge is 2.55. The standard InChI is InChI=1S/C19H23ClN2O5S/c1-11-3-2-4-14(11)21-18(24)22-15-6-5-13(20)17(16(15)23)28(25,26)12-7-19(8-12)9-27-10-19/h3,5-6,12,14,23H,2,4,7-10H2,1H3,(H2,21,22,24)/t14-/m1/s1. The van der Waals surface area contributed by atoms with Gasteiger partial charge in [0.1, 0.15) is 4.90 Å². The number of sulfone groups is 1. The minimum atomic E-state index is -3.82. The maximum Gasteiger partial charge on any atom is 0.319 e. The maximum absolute atomic E-state index is 13.0. The van der Waals surface area contributed by atoms with E-state index >= 15 is 0 Å². The number of hydrogen-bond acceptors (Lipinski definition) is 5. The minimum absolute atomic E-state index is 0.0149. The van der Waals surface area contributed by atoms with Crippen molar-refractivity contribution >= 4 is 33.2 Å². The van der Waals surface area contributed by atoms with Crippen molar-refractivity contribution in [1.82, 2.24) is 5.32 Å². The van der Waals surface area contributed by atoms with Crippen LogP contribution in [-0.2, 0) is 14.6 Å². The summed E-state index contributed by atoms with van der Waals surface area (Å²) in [6.45, 7) is 3.10. The fourth-order valence-electron chi connectivity index (χ4n) is 4.19. The van der Waals surface area contributed by atoms with Gasteiger partial charge in [0.05, 0.1) is 35.2 Å². The number of rotatable bonds is 4. The molecule has 9 heteroatoms. The average Bonchev–Trinajstić information content (AvgIpc) is 2.92. The number of ether oxygens (including phenoxy) is 1. The molecule has 0 unspecified atom stereocenters. The van der Waals surface area contributed by atoms with E-state index in [1.165, 1.54) is 12.1 Å². The Bertz CT molecular complexity index is 947. The molecule has 2 amide bonds. The third kappa shape index (κ3) is 3.27. The fourth-order valence-corrected chi connectivity index (χ4v) is 6.86. The van der Waals surface area contributed by atoms with E-state index < -0.39 is 26.9 Å². The molecular weight excluding hydrogens is 404 g/mol. The van der Waals surface area contributed by atoms with Gasteiger partial charge in [-0.2, -0.15) is 0 Å². The zero-order valence-corrected chi connectivity index (χ0v) is 17.1. The predicted molar refractivity (Wildman–Crippen MR) is 106 cm³/mol. The highest BCUT2D eigenvalue weighted by atomic mass is 35.5. The Morgan fingerprint density at radius 2 is 2.04 bits per heavy atom. The van der Waals surface area contributed by atoms with Crippen LogP contribution in [0.15, 0.2) is 28.7 Å². The average molecular weight is 427 g/mol. The molecule has 4 rings (SSSR count). The SMILES string of the molecule is CC1=CCC[C@H]1NC(=O)Nc1ccc(Cl)c(S(=O)(=O)C2CC3(COC3)C2)c1O. The molecule has 28 heavy (non-hydrogen) atoms. The van der Waals surface area contributed by atoms with Crippen LogP contribution in [0.5, 0.6) is 5.75 Å². The molecule has 1 aliphatic heterocycles. The van der Waals surface area contributed by atoms with Crippen molar-refractivity contribution in [3.63, 3.8) is 0 Å². The second-order valence-corrected chi connectivity index (χ2v) is 10.6. The summed E-state index contributed by atoms with van der Waals surface area (Å²) in [5.74, 6) is -0.521. The molecule has 3 N–H and O–H groups in total. The van der Waals surface area contributed by atoms with Gasteiger partial charge in [-0.1, -0.05) is 23.3 Å². The molecule has 1 spiro atoms. The Hall–Kier alpha value is -1.77. The van der Waals surface area contributed by atoms with Crippen LogP contribution in [0.3, 0.4) is 0 Å². The van der Waals surface area contributed by atoms with Gasteiger partial charge in [-0.15, -0.1) is 0 Å². The summed E-state index contributed by atoms with van der Waals surface area (Å²) in [6, 6.07) is 2.21. The van der Waals surface area contributed by atoms with Crippen LogP contribution < -0.4 is 10.6 Å². The Morgan fingerprint density at radius 3 is 2.61 bits per heavy atom. The van der Waals surface area contributed by atoms with Crippen LogP contribution in [0.25, 0.3) is 0 Å². The van der Waals surface area contributed by atoms with E-state index in [2.05, 4.69) is 16.7 Å². The second kappa shape index (κ2) is 6.93. The molecule has 0 aromatic heterocycles. The maximum atomic E-state index is 13.0. The van der Waals surface area contributed by atoms with E-state index in [1.54, 1.807) is 0 Å². The number of benzene rings is 1. The summed E-state index contributed by atoms with van der Waals surface area (Å²) < 4.78 is 31.2. The number of amides is 2. The number of carbonyl (C=O) groups is 1. The van der Waals surface area contributed by atoms with E-state index in [4.69, 9.17) is 16.3 Å². The fraction of sp³-hybridized carbons (Fsp3) is 0.526. The lowest BCUT2D eigenvalue weighted by Gasteiger charge is -2.52. The Labute approximate surface area is 169 Å². The molecule has 1 aromatic carbocycles. The molecule has 1 saturated carbocycles. The molecule has 1 atom stereocenters. The molecular formula is C19H23ClN2O5S. The number of halogens is 1. The molecule has 1 saturated heterocycles. The van der Waals surface area contributed by atoms with Gasteiger partial charge in [0.2, 0.25) is 0 Å².